The zero-order valence-corrected chi connectivity index (χ0v) is 24.8. The van der Waals surface area contributed by atoms with Crippen molar-refractivity contribution in [2.45, 2.75) is 78.4 Å². The lowest BCUT2D eigenvalue weighted by Gasteiger charge is -2.35. The number of likely N-dealkylation sites (N-methyl/N-ethyl adjacent to an activating group) is 1. The Kier molecular flexibility index (Phi) is 10.4. The van der Waals surface area contributed by atoms with Gasteiger partial charge in [0.2, 0.25) is 0 Å². The molecule has 2 aromatic rings. The van der Waals surface area contributed by atoms with Gasteiger partial charge in [0.1, 0.15) is 11.4 Å². The molecule has 1 aromatic carbocycles. The number of aromatic nitrogens is 1. The number of hydrogen-bond acceptors (Lipinski definition) is 5. The monoisotopic (exact) mass is 526 g/mol. The fraction of sp³-hybridized carbons (Fsp3) is 0.645. The molecule has 7 nitrogen and oxygen atoms in total. The molecule has 2 heterocycles. The van der Waals surface area contributed by atoms with Gasteiger partial charge in [-0.3, -0.25) is 9.69 Å². The van der Waals surface area contributed by atoms with Crippen LogP contribution in [0, 0.1) is 6.92 Å². The van der Waals surface area contributed by atoms with Gasteiger partial charge < -0.3 is 24.6 Å². The van der Waals surface area contributed by atoms with Crippen LogP contribution in [0.5, 0.6) is 5.75 Å². The average molecular weight is 527 g/mol. The fourth-order valence-electron chi connectivity index (χ4n) is 5.60. The van der Waals surface area contributed by atoms with Crippen LogP contribution in [-0.4, -0.2) is 83.9 Å². The van der Waals surface area contributed by atoms with Gasteiger partial charge in [-0.1, -0.05) is 26.0 Å². The van der Waals surface area contributed by atoms with Gasteiger partial charge in [-0.15, -0.1) is 0 Å². The van der Waals surface area contributed by atoms with E-state index in [4.69, 9.17) is 4.74 Å². The second kappa shape index (κ2) is 13.1. The first-order chi connectivity index (χ1) is 18.0. The van der Waals surface area contributed by atoms with Crippen LogP contribution in [0.15, 0.2) is 30.3 Å². The number of piperazine rings is 1. The van der Waals surface area contributed by atoms with Gasteiger partial charge in [0, 0.05) is 63.3 Å². The van der Waals surface area contributed by atoms with Crippen molar-refractivity contribution < 1.29 is 14.6 Å². The molecular formula is C31H50N4O3. The molecule has 0 aliphatic carbocycles. The first kappa shape index (κ1) is 30.2. The lowest BCUT2D eigenvalue weighted by atomic mass is 9.72. The Morgan fingerprint density at radius 1 is 1.05 bits per heavy atom. The molecule has 1 amide bonds. The molecule has 0 radical (unpaired) electrons. The molecule has 0 atom stereocenters. The summed E-state index contributed by atoms with van der Waals surface area (Å²) in [5.74, 6) is 0.852. The predicted molar refractivity (Wildman–Crippen MR) is 155 cm³/mol. The number of amides is 1. The normalized spacial score (nSPS) is 15.6. The Balaban J connectivity index is 1.77. The van der Waals surface area contributed by atoms with Gasteiger partial charge in [0.15, 0.2) is 0 Å². The Hall–Kier alpha value is -2.35. The van der Waals surface area contributed by atoms with Gasteiger partial charge in [-0.2, -0.15) is 0 Å². The largest absolute Gasteiger partial charge is 0.493 e. The van der Waals surface area contributed by atoms with Crippen molar-refractivity contribution in [1.82, 2.24) is 19.7 Å². The molecule has 1 aromatic heterocycles. The van der Waals surface area contributed by atoms with E-state index in [1.165, 1.54) is 11.3 Å². The van der Waals surface area contributed by atoms with Crippen LogP contribution in [0.2, 0.25) is 0 Å². The van der Waals surface area contributed by atoms with E-state index in [-0.39, 0.29) is 11.3 Å². The van der Waals surface area contributed by atoms with E-state index in [0.29, 0.717) is 19.6 Å². The van der Waals surface area contributed by atoms with E-state index in [1.54, 1.807) is 13.8 Å². The van der Waals surface area contributed by atoms with E-state index in [9.17, 15) is 9.90 Å². The Bertz CT molecular complexity index is 1040. The van der Waals surface area contributed by atoms with Crippen LogP contribution < -0.4 is 10.1 Å². The molecular weight excluding hydrogens is 476 g/mol. The minimum absolute atomic E-state index is 0.0000644. The summed E-state index contributed by atoms with van der Waals surface area (Å²) in [6.45, 7) is 19.3. The van der Waals surface area contributed by atoms with Crippen LogP contribution >= 0.6 is 0 Å². The number of nitrogens with one attached hydrogen (secondary N) is 1. The molecule has 2 N–H and O–H groups in total. The third-order valence-electron chi connectivity index (χ3n) is 8.24. The van der Waals surface area contributed by atoms with E-state index >= 15 is 0 Å². The summed E-state index contributed by atoms with van der Waals surface area (Å²) < 4.78 is 8.19. The molecule has 0 unspecified atom stereocenters. The van der Waals surface area contributed by atoms with Gasteiger partial charge in [-0.25, -0.2) is 0 Å². The van der Waals surface area contributed by atoms with Crippen LogP contribution in [0.3, 0.4) is 0 Å². The minimum atomic E-state index is -0.743. The molecule has 3 rings (SSSR count). The van der Waals surface area contributed by atoms with Gasteiger partial charge in [-0.05, 0) is 76.9 Å². The second-order valence-electron chi connectivity index (χ2n) is 11.4. The number of carbonyl (C=O) groups is 1. The van der Waals surface area contributed by atoms with Crippen molar-refractivity contribution in [3.63, 3.8) is 0 Å². The molecule has 38 heavy (non-hydrogen) atoms. The van der Waals surface area contributed by atoms with E-state index in [0.717, 1.165) is 69.1 Å². The van der Waals surface area contributed by atoms with Gasteiger partial charge >= 0.3 is 0 Å². The molecule has 7 heteroatoms. The Morgan fingerprint density at radius 3 is 2.32 bits per heavy atom. The van der Waals surface area contributed by atoms with Crippen LogP contribution in [-0.2, 0) is 12.0 Å². The van der Waals surface area contributed by atoms with Crippen LogP contribution in [0.1, 0.15) is 81.2 Å². The van der Waals surface area contributed by atoms with Crippen molar-refractivity contribution in [3.8, 4) is 5.75 Å². The third kappa shape index (κ3) is 7.19. The number of aryl methyl sites for hydroxylation is 1. The maximum absolute atomic E-state index is 13.2. The van der Waals surface area contributed by atoms with Crippen molar-refractivity contribution in [2.24, 2.45) is 0 Å². The zero-order chi connectivity index (χ0) is 27.9. The number of hydrogen-bond donors (Lipinski definition) is 2. The van der Waals surface area contributed by atoms with E-state index < -0.39 is 5.60 Å². The highest BCUT2D eigenvalue weighted by Crippen LogP contribution is 2.41. The summed E-state index contributed by atoms with van der Waals surface area (Å²) in [5.41, 5.74) is 3.30. The molecule has 212 valence electrons. The summed E-state index contributed by atoms with van der Waals surface area (Å²) in [5, 5.41) is 13.2. The van der Waals surface area contributed by atoms with Crippen molar-refractivity contribution in [2.75, 3.05) is 52.9 Å². The Morgan fingerprint density at radius 2 is 1.74 bits per heavy atom. The quantitative estimate of drug-likeness (QED) is 0.404. The number of carbonyl (C=O) groups excluding carboxylic acids is 1. The summed E-state index contributed by atoms with van der Waals surface area (Å²) in [6.07, 6.45) is 2.43. The topological polar surface area (TPSA) is 70.0 Å². The molecule has 1 aliphatic heterocycles. The number of rotatable bonds is 13. The molecule has 0 bridgehead atoms. The van der Waals surface area contributed by atoms with Crippen molar-refractivity contribution >= 4 is 5.91 Å². The molecule has 1 fully saturated rings. The summed E-state index contributed by atoms with van der Waals surface area (Å²) >= 11 is 0. The minimum Gasteiger partial charge on any atom is -0.493 e. The standard InChI is InChI=1S/C31H50N4O3/c1-8-31(9-2,25-11-13-27(24(4)23-25)38-22-15-30(5,6)37)28-14-12-26(35(28)10-3)29(36)32-16-17-34-20-18-33(7)19-21-34/h11-14,23,37H,8-10,15-22H2,1-7H3,(H,32,36). The fourth-order valence-corrected chi connectivity index (χ4v) is 5.60. The van der Waals surface area contributed by atoms with Gasteiger partial charge in [0.25, 0.3) is 5.91 Å². The van der Waals surface area contributed by atoms with E-state index in [2.05, 4.69) is 78.7 Å². The maximum atomic E-state index is 13.2. The van der Waals surface area contributed by atoms with Crippen LogP contribution in [0.25, 0.3) is 0 Å². The molecule has 0 spiro atoms. The zero-order valence-electron chi connectivity index (χ0n) is 24.8. The molecule has 1 aliphatic rings. The number of ether oxygens (including phenoxy) is 1. The third-order valence-corrected chi connectivity index (χ3v) is 8.24. The second-order valence-corrected chi connectivity index (χ2v) is 11.4. The highest BCUT2D eigenvalue weighted by atomic mass is 16.5. The summed E-state index contributed by atoms with van der Waals surface area (Å²) in [6, 6.07) is 10.6. The lowest BCUT2D eigenvalue weighted by molar-refractivity contribution is 0.0552. The van der Waals surface area contributed by atoms with Crippen LogP contribution in [0.4, 0.5) is 0 Å². The first-order valence-corrected chi connectivity index (χ1v) is 14.4. The molecule has 1 saturated heterocycles. The maximum Gasteiger partial charge on any atom is 0.267 e. The van der Waals surface area contributed by atoms with Crippen molar-refractivity contribution in [1.29, 1.82) is 0 Å². The highest BCUT2D eigenvalue weighted by molar-refractivity contribution is 5.93. The SMILES string of the molecule is CCn1c(C(=O)NCCN2CCN(C)CC2)ccc1C(CC)(CC)c1ccc(OCCC(C)(C)O)c(C)c1. The first-order valence-electron chi connectivity index (χ1n) is 14.4. The number of benzene rings is 1. The van der Waals surface area contributed by atoms with Crippen molar-refractivity contribution in [3.05, 3.63) is 52.8 Å². The predicted octanol–water partition coefficient (Wildman–Crippen LogP) is 4.44. The average Bonchev–Trinajstić information content (AvgIpc) is 3.31. The summed E-state index contributed by atoms with van der Waals surface area (Å²) in [4.78, 5) is 18.0. The Labute approximate surface area is 230 Å². The molecule has 0 saturated carbocycles. The lowest BCUT2D eigenvalue weighted by Crippen LogP contribution is -2.47. The summed E-state index contributed by atoms with van der Waals surface area (Å²) in [7, 11) is 2.16. The number of aliphatic hydroxyl groups is 1. The highest BCUT2D eigenvalue weighted by Gasteiger charge is 2.35. The smallest absolute Gasteiger partial charge is 0.267 e. The van der Waals surface area contributed by atoms with Gasteiger partial charge in [0.05, 0.1) is 12.2 Å². The van der Waals surface area contributed by atoms with E-state index in [1.807, 2.05) is 6.07 Å². The number of nitrogens with zero attached hydrogens (tertiary/aromatic N) is 3.